The molecule has 2 atom stereocenters. The number of para-hydroxylation sites is 1. The van der Waals surface area contributed by atoms with Crippen LogP contribution in [0.15, 0.2) is 36.4 Å². The van der Waals surface area contributed by atoms with Crippen LogP contribution in [-0.4, -0.2) is 24.8 Å². The number of carboxylic acids is 1. The summed E-state index contributed by atoms with van der Waals surface area (Å²) in [7, 11) is 1.65. The van der Waals surface area contributed by atoms with Gasteiger partial charge in [0.2, 0.25) is 0 Å². The Morgan fingerprint density at radius 3 is 2.74 bits per heavy atom. The maximum absolute atomic E-state index is 10.8. The largest absolute Gasteiger partial charge is 0.496 e. The van der Waals surface area contributed by atoms with Crippen LogP contribution in [0.3, 0.4) is 0 Å². The highest BCUT2D eigenvalue weighted by Gasteiger charge is 2.30. The fourth-order valence-electron chi connectivity index (χ4n) is 4.01. The summed E-state index contributed by atoms with van der Waals surface area (Å²) in [6, 6.07) is 11.9. The molecule has 3 N–H and O–H groups in total. The Morgan fingerprint density at radius 1 is 1.30 bits per heavy atom. The van der Waals surface area contributed by atoms with Crippen molar-refractivity contribution in [1.29, 1.82) is 0 Å². The van der Waals surface area contributed by atoms with Crippen molar-refractivity contribution >= 4 is 5.97 Å². The van der Waals surface area contributed by atoms with E-state index in [1.807, 2.05) is 37.3 Å². The number of hydrogen-bond donors (Lipinski definition) is 2. The molecule has 2 aromatic rings. The monoisotopic (exact) mass is 369 g/mol. The van der Waals surface area contributed by atoms with Gasteiger partial charge in [-0.1, -0.05) is 24.3 Å². The molecule has 0 aromatic heterocycles. The Morgan fingerprint density at radius 2 is 2.07 bits per heavy atom. The van der Waals surface area contributed by atoms with Gasteiger partial charge in [0.05, 0.1) is 20.1 Å². The minimum Gasteiger partial charge on any atom is -0.496 e. The summed E-state index contributed by atoms with van der Waals surface area (Å²) in [5.74, 6) is 1.33. The Balaban J connectivity index is 0.000000168. The molecule has 0 unspecified atom stereocenters. The Labute approximate surface area is 160 Å². The van der Waals surface area contributed by atoms with Crippen molar-refractivity contribution in [3.05, 3.63) is 58.7 Å². The summed E-state index contributed by atoms with van der Waals surface area (Å²) in [4.78, 5) is 10.8. The lowest BCUT2D eigenvalue weighted by Crippen LogP contribution is -2.06. The van der Waals surface area contributed by atoms with Crippen molar-refractivity contribution in [3.63, 3.8) is 0 Å². The molecule has 5 nitrogen and oxygen atoms in total. The van der Waals surface area contributed by atoms with Crippen LogP contribution in [0.2, 0.25) is 0 Å². The Kier molecular flexibility index (Phi) is 6.01. The molecule has 1 heterocycles. The zero-order chi connectivity index (χ0) is 19.4. The van der Waals surface area contributed by atoms with Gasteiger partial charge in [-0.05, 0) is 48.9 Å². The molecule has 27 heavy (non-hydrogen) atoms. The third kappa shape index (κ3) is 4.25. The lowest BCUT2D eigenvalue weighted by atomic mass is 9.92. The minimum absolute atomic E-state index is 0.0335. The van der Waals surface area contributed by atoms with Gasteiger partial charge in [-0.3, -0.25) is 4.79 Å². The van der Waals surface area contributed by atoms with Crippen LogP contribution in [0, 0.1) is 0 Å². The van der Waals surface area contributed by atoms with E-state index in [0.29, 0.717) is 0 Å². The van der Waals surface area contributed by atoms with Crippen molar-refractivity contribution in [2.45, 2.75) is 44.6 Å². The summed E-state index contributed by atoms with van der Waals surface area (Å²) in [5.41, 5.74) is 10.6. The van der Waals surface area contributed by atoms with Gasteiger partial charge in [0.15, 0.2) is 0 Å². The summed E-state index contributed by atoms with van der Waals surface area (Å²) in [5, 5.41) is 8.92. The lowest BCUT2D eigenvalue weighted by Gasteiger charge is -2.12. The molecule has 1 aliphatic heterocycles. The molecular formula is C22H27NO4. The molecule has 2 aliphatic rings. The topological polar surface area (TPSA) is 81.8 Å². The molecule has 0 amide bonds. The first kappa shape index (κ1) is 19.2. The van der Waals surface area contributed by atoms with Gasteiger partial charge in [0, 0.05) is 23.6 Å². The van der Waals surface area contributed by atoms with E-state index < -0.39 is 5.97 Å². The van der Waals surface area contributed by atoms with Crippen LogP contribution in [0.5, 0.6) is 11.5 Å². The van der Waals surface area contributed by atoms with Gasteiger partial charge in [-0.25, -0.2) is 0 Å². The number of ether oxygens (including phenoxy) is 2. The molecule has 0 spiro atoms. The fourth-order valence-corrected chi connectivity index (χ4v) is 4.01. The molecule has 1 aliphatic carbocycles. The van der Waals surface area contributed by atoms with Crippen molar-refractivity contribution in [2.75, 3.05) is 13.7 Å². The van der Waals surface area contributed by atoms with Gasteiger partial charge in [-0.15, -0.1) is 0 Å². The first-order valence-corrected chi connectivity index (χ1v) is 9.39. The van der Waals surface area contributed by atoms with Crippen molar-refractivity contribution < 1.29 is 19.4 Å². The molecule has 0 radical (unpaired) electrons. The molecule has 0 fully saturated rings. The maximum atomic E-state index is 10.8. The Hall–Kier alpha value is -2.53. The van der Waals surface area contributed by atoms with E-state index in [2.05, 4.69) is 6.07 Å². The number of rotatable bonds is 4. The molecule has 0 saturated carbocycles. The van der Waals surface area contributed by atoms with Crippen LogP contribution in [-0.2, 0) is 17.6 Å². The third-order valence-corrected chi connectivity index (χ3v) is 5.23. The van der Waals surface area contributed by atoms with Gasteiger partial charge >= 0.3 is 5.97 Å². The normalized spacial score (nSPS) is 17.8. The molecule has 0 saturated heterocycles. The van der Waals surface area contributed by atoms with Crippen LogP contribution < -0.4 is 15.2 Å². The van der Waals surface area contributed by atoms with Gasteiger partial charge in [0.25, 0.3) is 0 Å². The first-order chi connectivity index (χ1) is 13.0. The maximum Gasteiger partial charge on any atom is 0.303 e. The predicted molar refractivity (Wildman–Crippen MR) is 105 cm³/mol. The number of carbonyl (C=O) groups is 1. The zero-order valence-corrected chi connectivity index (χ0v) is 15.9. The standard InChI is InChI=1S/C13H14O3.C9H13NO/c14-12(15)7-9-2-1-8-3-4-11-10(13(8)9)5-6-16-11;1-7(10)8-5-3-4-6-9(8)11-2/h3-4,9H,1-2,5-7H2,(H,14,15);3-7H,10H2,1-2H3/t9-;7-/m11/s1. The van der Waals surface area contributed by atoms with Crippen LogP contribution in [0.4, 0.5) is 0 Å². The van der Waals surface area contributed by atoms with Crippen LogP contribution >= 0.6 is 0 Å². The molecule has 144 valence electrons. The van der Waals surface area contributed by atoms with E-state index in [4.69, 9.17) is 20.3 Å². The highest BCUT2D eigenvalue weighted by Crippen LogP contribution is 2.43. The van der Waals surface area contributed by atoms with E-state index in [0.717, 1.165) is 42.9 Å². The van der Waals surface area contributed by atoms with Gasteiger partial charge < -0.3 is 20.3 Å². The average molecular weight is 369 g/mol. The predicted octanol–water partition coefficient (Wildman–Crippen LogP) is 3.84. The lowest BCUT2D eigenvalue weighted by molar-refractivity contribution is -0.137. The van der Waals surface area contributed by atoms with Gasteiger partial charge in [0.1, 0.15) is 11.5 Å². The Bertz CT molecular complexity index is 816. The zero-order valence-electron chi connectivity index (χ0n) is 15.9. The van der Waals surface area contributed by atoms with Crippen molar-refractivity contribution in [1.82, 2.24) is 0 Å². The number of aryl methyl sites for hydroxylation is 1. The number of nitrogens with two attached hydrogens (primary N) is 1. The molecule has 0 bridgehead atoms. The second kappa shape index (κ2) is 8.44. The van der Waals surface area contributed by atoms with E-state index in [9.17, 15) is 4.79 Å². The smallest absolute Gasteiger partial charge is 0.303 e. The summed E-state index contributed by atoms with van der Waals surface area (Å²) in [6.07, 6.45) is 3.18. The number of fused-ring (bicyclic) bond motifs is 3. The number of carboxylic acid groups (broad SMARTS) is 1. The van der Waals surface area contributed by atoms with E-state index in [1.165, 1.54) is 16.7 Å². The second-order valence-electron chi connectivity index (χ2n) is 7.08. The molecule has 4 rings (SSSR count). The quantitative estimate of drug-likeness (QED) is 0.856. The van der Waals surface area contributed by atoms with Crippen LogP contribution in [0.1, 0.15) is 54.0 Å². The van der Waals surface area contributed by atoms with Crippen molar-refractivity contribution in [2.24, 2.45) is 5.73 Å². The number of aliphatic carboxylic acids is 1. The van der Waals surface area contributed by atoms with Gasteiger partial charge in [-0.2, -0.15) is 0 Å². The molecular weight excluding hydrogens is 342 g/mol. The first-order valence-electron chi connectivity index (χ1n) is 9.39. The SMILES string of the molecule is COc1ccccc1[C@@H](C)N.O=C(O)C[C@H]1CCc2ccc3c(c21)CCO3. The minimum atomic E-state index is -0.700. The highest BCUT2D eigenvalue weighted by atomic mass is 16.5. The summed E-state index contributed by atoms with van der Waals surface area (Å²) >= 11 is 0. The fraction of sp³-hybridized carbons (Fsp3) is 0.409. The van der Waals surface area contributed by atoms with E-state index in [-0.39, 0.29) is 18.4 Å². The third-order valence-electron chi connectivity index (χ3n) is 5.23. The summed E-state index contributed by atoms with van der Waals surface area (Å²) in [6.45, 7) is 2.68. The average Bonchev–Trinajstić information content (AvgIpc) is 3.28. The van der Waals surface area contributed by atoms with Crippen LogP contribution in [0.25, 0.3) is 0 Å². The van der Waals surface area contributed by atoms with E-state index in [1.54, 1.807) is 7.11 Å². The number of benzene rings is 2. The highest BCUT2D eigenvalue weighted by molar-refractivity contribution is 5.69. The van der Waals surface area contributed by atoms with E-state index >= 15 is 0 Å². The summed E-state index contributed by atoms with van der Waals surface area (Å²) < 4.78 is 10.7. The molecule has 5 heteroatoms. The number of methoxy groups -OCH3 is 1. The van der Waals surface area contributed by atoms with Crippen molar-refractivity contribution in [3.8, 4) is 11.5 Å². The molecule has 2 aromatic carbocycles. The second-order valence-corrected chi connectivity index (χ2v) is 7.08. The number of hydrogen-bond acceptors (Lipinski definition) is 4.